The maximum Gasteiger partial charge on any atom is 0.138 e. The molecule has 1 saturated heterocycles. The lowest BCUT2D eigenvalue weighted by Gasteiger charge is -2.14. The summed E-state index contributed by atoms with van der Waals surface area (Å²) in [5.41, 5.74) is 0.826. The summed E-state index contributed by atoms with van der Waals surface area (Å²) in [4.78, 5) is 6.53. The molecule has 0 radical (unpaired) electrons. The van der Waals surface area contributed by atoms with Crippen molar-refractivity contribution in [1.29, 1.82) is 0 Å². The Kier molecular flexibility index (Phi) is 5.67. The lowest BCUT2D eigenvalue weighted by molar-refractivity contribution is 0.237. The van der Waals surface area contributed by atoms with Crippen molar-refractivity contribution in [3.63, 3.8) is 0 Å². The summed E-state index contributed by atoms with van der Waals surface area (Å²) in [5.74, 6) is 6.59. The van der Waals surface area contributed by atoms with Gasteiger partial charge in [-0.25, -0.2) is 0 Å². The molecule has 4 heteroatoms. The van der Waals surface area contributed by atoms with E-state index in [-0.39, 0.29) is 6.61 Å². The molecule has 0 saturated carbocycles. The fourth-order valence-electron chi connectivity index (χ4n) is 2.09. The minimum Gasteiger partial charge on any atom is -0.491 e. The van der Waals surface area contributed by atoms with Crippen LogP contribution in [0.25, 0.3) is 0 Å². The van der Waals surface area contributed by atoms with Gasteiger partial charge in [-0.2, -0.15) is 0 Å². The number of pyridine rings is 1. The van der Waals surface area contributed by atoms with Crippen molar-refractivity contribution in [1.82, 2.24) is 9.88 Å². The second kappa shape index (κ2) is 7.78. The van der Waals surface area contributed by atoms with Crippen LogP contribution in [0, 0.1) is 11.8 Å². The van der Waals surface area contributed by atoms with Gasteiger partial charge in [0, 0.05) is 24.7 Å². The predicted octanol–water partition coefficient (Wildman–Crippen LogP) is 1.29. The molecule has 102 valence electrons. The molecule has 0 aliphatic carbocycles. The third-order valence-electron chi connectivity index (χ3n) is 3.06. The van der Waals surface area contributed by atoms with Crippen LogP contribution in [0.2, 0.25) is 0 Å². The van der Waals surface area contributed by atoms with Crippen LogP contribution in [0.15, 0.2) is 18.5 Å². The highest BCUT2D eigenvalue weighted by Crippen LogP contribution is 2.11. The zero-order valence-electron chi connectivity index (χ0n) is 11.1. The topological polar surface area (TPSA) is 45.6 Å². The van der Waals surface area contributed by atoms with Gasteiger partial charge in [-0.15, -0.1) is 0 Å². The lowest BCUT2D eigenvalue weighted by Crippen LogP contribution is -2.25. The van der Waals surface area contributed by atoms with Crippen LogP contribution in [-0.4, -0.2) is 47.8 Å². The van der Waals surface area contributed by atoms with Gasteiger partial charge in [-0.1, -0.05) is 11.8 Å². The van der Waals surface area contributed by atoms with Crippen molar-refractivity contribution < 1.29 is 9.84 Å². The number of nitrogens with zero attached hydrogens (tertiary/aromatic N) is 2. The van der Waals surface area contributed by atoms with Crippen LogP contribution in [0.5, 0.6) is 5.75 Å². The zero-order chi connectivity index (χ0) is 13.3. The molecule has 2 rings (SSSR count). The summed E-state index contributed by atoms with van der Waals surface area (Å²) in [6.45, 7) is 4.13. The Morgan fingerprint density at radius 2 is 2.16 bits per heavy atom. The first-order chi connectivity index (χ1) is 9.38. The van der Waals surface area contributed by atoms with Crippen molar-refractivity contribution >= 4 is 0 Å². The average molecular weight is 260 g/mol. The number of hydrogen-bond donors (Lipinski definition) is 1. The van der Waals surface area contributed by atoms with Gasteiger partial charge in [-0.05, 0) is 32.0 Å². The van der Waals surface area contributed by atoms with Gasteiger partial charge >= 0.3 is 0 Å². The number of aliphatic hydroxyl groups is 1. The van der Waals surface area contributed by atoms with E-state index in [1.54, 1.807) is 12.4 Å². The number of ether oxygens (including phenoxy) is 1. The van der Waals surface area contributed by atoms with Crippen LogP contribution in [0.4, 0.5) is 0 Å². The van der Waals surface area contributed by atoms with Crippen LogP contribution >= 0.6 is 0 Å². The van der Waals surface area contributed by atoms with E-state index in [1.165, 1.54) is 25.9 Å². The van der Waals surface area contributed by atoms with Crippen LogP contribution in [0.3, 0.4) is 0 Å². The second-order valence-electron chi connectivity index (χ2n) is 4.58. The van der Waals surface area contributed by atoms with E-state index in [0.29, 0.717) is 13.0 Å². The Hall–Kier alpha value is -1.57. The van der Waals surface area contributed by atoms with Gasteiger partial charge in [0.25, 0.3) is 0 Å². The molecule has 19 heavy (non-hydrogen) atoms. The van der Waals surface area contributed by atoms with E-state index in [1.807, 2.05) is 6.07 Å². The maximum atomic E-state index is 8.67. The standard InChI is InChI=1S/C15H20N2O2/c18-9-4-1-5-14-11-15(13-16-12-14)19-10-8-17-6-2-3-7-17/h11-13,18H,2-4,6-10H2. The lowest BCUT2D eigenvalue weighted by atomic mass is 10.2. The van der Waals surface area contributed by atoms with Gasteiger partial charge in [0.05, 0.1) is 12.8 Å². The van der Waals surface area contributed by atoms with Crippen molar-refractivity contribution in [3.8, 4) is 17.6 Å². The normalized spacial score (nSPS) is 15.0. The van der Waals surface area contributed by atoms with Gasteiger partial charge in [0.2, 0.25) is 0 Å². The van der Waals surface area contributed by atoms with E-state index in [9.17, 15) is 0 Å². The van der Waals surface area contributed by atoms with Gasteiger partial charge in [0.15, 0.2) is 0 Å². The summed E-state index contributed by atoms with van der Waals surface area (Å²) in [7, 11) is 0. The highest BCUT2D eigenvalue weighted by Gasteiger charge is 2.10. The molecule has 0 bridgehead atoms. The van der Waals surface area contributed by atoms with E-state index in [2.05, 4.69) is 21.7 Å². The third kappa shape index (κ3) is 4.90. The molecular weight excluding hydrogens is 240 g/mol. The number of hydrogen-bond acceptors (Lipinski definition) is 4. The summed E-state index contributed by atoms with van der Waals surface area (Å²) in [6.07, 6.45) is 6.51. The number of aromatic nitrogens is 1. The largest absolute Gasteiger partial charge is 0.491 e. The monoisotopic (exact) mass is 260 g/mol. The van der Waals surface area contributed by atoms with Crippen molar-refractivity contribution in [2.24, 2.45) is 0 Å². The number of aliphatic hydroxyl groups excluding tert-OH is 1. The molecule has 0 spiro atoms. The minimum absolute atomic E-state index is 0.0897. The molecule has 2 heterocycles. The molecule has 1 fully saturated rings. The first-order valence-corrected chi connectivity index (χ1v) is 6.78. The first kappa shape index (κ1) is 13.9. The van der Waals surface area contributed by atoms with E-state index >= 15 is 0 Å². The molecule has 0 aromatic carbocycles. The fraction of sp³-hybridized carbons (Fsp3) is 0.533. The van der Waals surface area contributed by atoms with Gasteiger partial charge in [-0.3, -0.25) is 9.88 Å². The molecule has 1 aromatic heterocycles. The van der Waals surface area contributed by atoms with Crippen LogP contribution < -0.4 is 4.74 Å². The van der Waals surface area contributed by atoms with Crippen LogP contribution in [-0.2, 0) is 0 Å². The van der Waals surface area contributed by atoms with Crippen molar-refractivity contribution in [2.75, 3.05) is 32.8 Å². The summed E-state index contributed by atoms with van der Waals surface area (Å²) in [5, 5.41) is 8.67. The Morgan fingerprint density at radius 3 is 2.95 bits per heavy atom. The maximum absolute atomic E-state index is 8.67. The molecule has 0 atom stereocenters. The Labute approximate surface area is 114 Å². The molecule has 1 N–H and O–H groups in total. The first-order valence-electron chi connectivity index (χ1n) is 6.78. The van der Waals surface area contributed by atoms with E-state index < -0.39 is 0 Å². The van der Waals surface area contributed by atoms with Crippen LogP contribution in [0.1, 0.15) is 24.8 Å². The number of likely N-dealkylation sites (tertiary alicyclic amines) is 1. The highest BCUT2D eigenvalue weighted by atomic mass is 16.5. The third-order valence-corrected chi connectivity index (χ3v) is 3.06. The Bertz CT molecular complexity index is 445. The quantitative estimate of drug-likeness (QED) is 0.810. The van der Waals surface area contributed by atoms with E-state index in [4.69, 9.17) is 9.84 Å². The predicted molar refractivity (Wildman–Crippen MR) is 74.0 cm³/mol. The Balaban J connectivity index is 1.79. The molecule has 1 aliphatic heterocycles. The summed E-state index contributed by atoms with van der Waals surface area (Å²) >= 11 is 0. The SMILES string of the molecule is OCCC#Cc1cncc(OCCN2CCCC2)c1. The Morgan fingerprint density at radius 1 is 1.32 bits per heavy atom. The second-order valence-corrected chi connectivity index (χ2v) is 4.58. The summed E-state index contributed by atoms with van der Waals surface area (Å²) in [6, 6.07) is 1.89. The average Bonchev–Trinajstić information content (AvgIpc) is 2.93. The summed E-state index contributed by atoms with van der Waals surface area (Å²) < 4.78 is 5.69. The molecule has 0 unspecified atom stereocenters. The van der Waals surface area contributed by atoms with Crippen molar-refractivity contribution in [2.45, 2.75) is 19.3 Å². The molecule has 1 aliphatic rings. The molecule has 4 nitrogen and oxygen atoms in total. The molecule has 0 amide bonds. The smallest absolute Gasteiger partial charge is 0.138 e. The number of rotatable bonds is 5. The zero-order valence-corrected chi connectivity index (χ0v) is 11.1. The molecular formula is C15H20N2O2. The van der Waals surface area contributed by atoms with Crippen molar-refractivity contribution in [3.05, 3.63) is 24.0 Å². The van der Waals surface area contributed by atoms with Gasteiger partial charge in [0.1, 0.15) is 12.4 Å². The highest BCUT2D eigenvalue weighted by molar-refractivity contribution is 5.36. The van der Waals surface area contributed by atoms with Gasteiger partial charge < -0.3 is 9.84 Å². The van der Waals surface area contributed by atoms with E-state index in [0.717, 1.165) is 17.9 Å². The minimum atomic E-state index is 0.0897. The molecule has 1 aromatic rings. The fourth-order valence-corrected chi connectivity index (χ4v) is 2.09.